The van der Waals surface area contributed by atoms with E-state index in [0.717, 1.165) is 63.4 Å². The molecule has 148 valence electrons. The Bertz CT molecular complexity index is 678. The van der Waals surface area contributed by atoms with Gasteiger partial charge in [-0.25, -0.2) is 0 Å². The Kier molecular flexibility index (Phi) is 6.34. The zero-order chi connectivity index (χ0) is 19.4. The number of ether oxygens (including phenoxy) is 1. The third-order valence-corrected chi connectivity index (χ3v) is 5.80. The maximum absolute atomic E-state index is 11.3. The fraction of sp³-hybridized carbons (Fsp3) is 0.600. The van der Waals surface area contributed by atoms with Gasteiger partial charge in [0.15, 0.2) is 5.75 Å². The second-order valence-corrected chi connectivity index (χ2v) is 7.46. The molecule has 0 radical (unpaired) electrons. The van der Waals surface area contributed by atoms with Crippen molar-refractivity contribution in [1.82, 2.24) is 9.80 Å². The van der Waals surface area contributed by atoms with E-state index < -0.39 is 0 Å². The van der Waals surface area contributed by atoms with Gasteiger partial charge in [-0.05, 0) is 31.9 Å². The molecule has 2 aliphatic heterocycles. The maximum atomic E-state index is 11.3. The zero-order valence-corrected chi connectivity index (χ0v) is 16.4. The van der Waals surface area contributed by atoms with Crippen LogP contribution in [0, 0.1) is 10.1 Å². The number of nitrogens with zero attached hydrogens (tertiary/aromatic N) is 4. The van der Waals surface area contributed by atoms with Crippen LogP contribution in [0.3, 0.4) is 0 Å². The van der Waals surface area contributed by atoms with Crippen LogP contribution in [0.25, 0.3) is 0 Å². The molecule has 0 aliphatic carbocycles. The van der Waals surface area contributed by atoms with Crippen molar-refractivity contribution in [3.63, 3.8) is 0 Å². The molecule has 0 spiro atoms. The lowest BCUT2D eigenvalue weighted by Crippen LogP contribution is -2.52. The Labute approximate surface area is 161 Å². The highest BCUT2D eigenvalue weighted by Gasteiger charge is 2.28. The highest BCUT2D eigenvalue weighted by Crippen LogP contribution is 2.36. The Morgan fingerprint density at radius 3 is 2.44 bits per heavy atom. The highest BCUT2D eigenvalue weighted by atomic mass is 16.6. The van der Waals surface area contributed by atoms with Crippen molar-refractivity contribution in [3.8, 4) is 5.75 Å². The van der Waals surface area contributed by atoms with Crippen molar-refractivity contribution < 1.29 is 9.66 Å². The van der Waals surface area contributed by atoms with Gasteiger partial charge in [0.1, 0.15) is 0 Å². The maximum Gasteiger partial charge on any atom is 0.311 e. The third-order valence-electron chi connectivity index (χ3n) is 5.80. The molecule has 0 saturated carbocycles. The van der Waals surface area contributed by atoms with Gasteiger partial charge < -0.3 is 14.5 Å². The number of nitro groups is 1. The summed E-state index contributed by atoms with van der Waals surface area (Å²) < 4.78 is 5.29. The standard InChI is InChI=1S/C20H30N4O3/c1-4-5-16-14-19(24(25)26)20(27-3)15-18(16)23-8-6-17(7-9-23)22-12-10-21(2)11-13-22/h4,14-15,17H,1,5-13H2,2-3H3. The van der Waals surface area contributed by atoms with Crippen LogP contribution in [0.1, 0.15) is 18.4 Å². The summed E-state index contributed by atoms with van der Waals surface area (Å²) >= 11 is 0. The molecular weight excluding hydrogens is 344 g/mol. The lowest BCUT2D eigenvalue weighted by Gasteiger charge is -2.43. The van der Waals surface area contributed by atoms with Gasteiger partial charge in [0.05, 0.1) is 12.0 Å². The Morgan fingerprint density at radius 2 is 1.89 bits per heavy atom. The number of anilines is 1. The van der Waals surface area contributed by atoms with E-state index in [1.165, 1.54) is 7.11 Å². The normalized spacial score (nSPS) is 19.9. The molecular formula is C20H30N4O3. The van der Waals surface area contributed by atoms with E-state index in [2.05, 4.69) is 28.3 Å². The molecule has 1 aromatic rings. The number of nitro benzene ring substituents is 1. The minimum atomic E-state index is -0.380. The van der Waals surface area contributed by atoms with Crippen LogP contribution in [-0.4, -0.2) is 74.2 Å². The molecule has 0 unspecified atom stereocenters. The van der Waals surface area contributed by atoms with Gasteiger partial charge in [0.2, 0.25) is 0 Å². The number of methoxy groups -OCH3 is 1. The van der Waals surface area contributed by atoms with Gasteiger partial charge in [-0.1, -0.05) is 6.08 Å². The summed E-state index contributed by atoms with van der Waals surface area (Å²) in [4.78, 5) is 18.3. The van der Waals surface area contributed by atoms with E-state index in [9.17, 15) is 10.1 Å². The minimum Gasteiger partial charge on any atom is -0.490 e. The summed E-state index contributed by atoms with van der Waals surface area (Å²) in [5.41, 5.74) is 2.00. The number of allylic oxidation sites excluding steroid dienone is 1. The van der Waals surface area contributed by atoms with E-state index in [4.69, 9.17) is 4.74 Å². The van der Waals surface area contributed by atoms with E-state index in [1.807, 2.05) is 6.07 Å². The zero-order valence-electron chi connectivity index (χ0n) is 16.4. The average molecular weight is 374 g/mol. The van der Waals surface area contributed by atoms with E-state index >= 15 is 0 Å². The SMILES string of the molecule is C=CCc1cc([N+](=O)[O-])c(OC)cc1N1CCC(N2CCN(C)CC2)CC1. The van der Waals surface area contributed by atoms with Crippen molar-refractivity contribution in [2.24, 2.45) is 0 Å². The Hall–Kier alpha value is -2.12. The quantitative estimate of drug-likeness (QED) is 0.433. The van der Waals surface area contributed by atoms with Gasteiger partial charge in [-0.15, -0.1) is 6.58 Å². The van der Waals surface area contributed by atoms with E-state index in [1.54, 1.807) is 12.1 Å². The molecule has 2 fully saturated rings. The summed E-state index contributed by atoms with van der Waals surface area (Å²) in [6.07, 6.45) is 4.65. The average Bonchev–Trinajstić information content (AvgIpc) is 2.68. The fourth-order valence-corrected chi connectivity index (χ4v) is 4.18. The first-order chi connectivity index (χ1) is 13.0. The Balaban J connectivity index is 1.74. The first-order valence-electron chi connectivity index (χ1n) is 9.67. The van der Waals surface area contributed by atoms with Crippen LogP contribution in [0.15, 0.2) is 24.8 Å². The van der Waals surface area contributed by atoms with Crippen LogP contribution in [0.2, 0.25) is 0 Å². The first-order valence-corrected chi connectivity index (χ1v) is 9.67. The molecule has 0 aromatic heterocycles. The predicted octanol–water partition coefficient (Wildman–Crippen LogP) is 2.55. The van der Waals surface area contributed by atoms with Gasteiger partial charge in [-0.2, -0.15) is 0 Å². The number of piperidine rings is 1. The summed E-state index contributed by atoms with van der Waals surface area (Å²) in [5, 5.41) is 11.3. The lowest BCUT2D eigenvalue weighted by atomic mass is 9.99. The van der Waals surface area contributed by atoms with E-state index in [-0.39, 0.29) is 10.6 Å². The number of piperazine rings is 1. The summed E-state index contributed by atoms with van der Waals surface area (Å²) in [5.74, 6) is 0.323. The molecule has 3 rings (SSSR count). The minimum absolute atomic E-state index is 0.0189. The number of likely N-dealkylation sites (N-methyl/N-ethyl adjacent to an activating group) is 1. The van der Waals surface area contributed by atoms with Crippen molar-refractivity contribution in [1.29, 1.82) is 0 Å². The summed E-state index contributed by atoms with van der Waals surface area (Å²) in [7, 11) is 3.67. The molecule has 1 aromatic carbocycles. The van der Waals surface area contributed by atoms with Crippen molar-refractivity contribution in [2.45, 2.75) is 25.3 Å². The molecule has 2 saturated heterocycles. The van der Waals surface area contributed by atoms with E-state index in [0.29, 0.717) is 18.2 Å². The molecule has 27 heavy (non-hydrogen) atoms. The first kappa shape index (κ1) is 19.6. The molecule has 2 aliphatic rings. The van der Waals surface area contributed by atoms with Gasteiger partial charge in [0.25, 0.3) is 0 Å². The molecule has 0 bridgehead atoms. The van der Waals surface area contributed by atoms with Crippen LogP contribution < -0.4 is 9.64 Å². The van der Waals surface area contributed by atoms with Crippen LogP contribution in [0.4, 0.5) is 11.4 Å². The monoisotopic (exact) mass is 374 g/mol. The van der Waals surface area contributed by atoms with Crippen molar-refractivity contribution in [2.75, 3.05) is 58.3 Å². The van der Waals surface area contributed by atoms with Crippen molar-refractivity contribution >= 4 is 11.4 Å². The molecule has 2 heterocycles. The second-order valence-electron chi connectivity index (χ2n) is 7.46. The van der Waals surface area contributed by atoms with Gasteiger partial charge >= 0.3 is 5.69 Å². The fourth-order valence-electron chi connectivity index (χ4n) is 4.18. The predicted molar refractivity (Wildman–Crippen MR) is 108 cm³/mol. The molecule has 0 atom stereocenters. The Morgan fingerprint density at radius 1 is 1.22 bits per heavy atom. The smallest absolute Gasteiger partial charge is 0.311 e. The lowest BCUT2D eigenvalue weighted by molar-refractivity contribution is -0.385. The van der Waals surface area contributed by atoms with Crippen LogP contribution in [0.5, 0.6) is 5.75 Å². The third kappa shape index (κ3) is 4.42. The molecule has 0 N–H and O–H groups in total. The van der Waals surface area contributed by atoms with Crippen LogP contribution in [-0.2, 0) is 6.42 Å². The van der Waals surface area contributed by atoms with Gasteiger partial charge in [0, 0.05) is 63.1 Å². The van der Waals surface area contributed by atoms with Crippen LogP contribution >= 0.6 is 0 Å². The molecule has 0 amide bonds. The second kappa shape index (κ2) is 8.71. The topological polar surface area (TPSA) is 62.1 Å². The largest absolute Gasteiger partial charge is 0.490 e. The number of hydrogen-bond donors (Lipinski definition) is 0. The number of benzene rings is 1. The molecule has 7 heteroatoms. The number of rotatable bonds is 6. The van der Waals surface area contributed by atoms with Gasteiger partial charge in [-0.3, -0.25) is 15.0 Å². The summed E-state index contributed by atoms with van der Waals surface area (Å²) in [6.45, 7) is 10.3. The molecule has 7 nitrogen and oxygen atoms in total. The summed E-state index contributed by atoms with van der Waals surface area (Å²) in [6, 6.07) is 4.10. The van der Waals surface area contributed by atoms with Crippen molar-refractivity contribution in [3.05, 3.63) is 40.5 Å². The number of hydrogen-bond acceptors (Lipinski definition) is 6. The highest BCUT2D eigenvalue weighted by molar-refractivity contribution is 5.65.